The van der Waals surface area contributed by atoms with Gasteiger partial charge in [-0.3, -0.25) is 0 Å². The van der Waals surface area contributed by atoms with Crippen molar-refractivity contribution in [3.05, 3.63) is 57.3 Å². The molecule has 1 aromatic heterocycles. The van der Waals surface area contributed by atoms with E-state index in [4.69, 9.17) is 13.6 Å². The first-order valence-electron chi connectivity index (χ1n) is 13.4. The third-order valence-electron chi connectivity index (χ3n) is 8.04. The van der Waals surface area contributed by atoms with Gasteiger partial charge in [-0.25, -0.2) is 0 Å². The second kappa shape index (κ2) is 12.8. The van der Waals surface area contributed by atoms with E-state index >= 15 is 0 Å². The van der Waals surface area contributed by atoms with E-state index in [-0.39, 0.29) is 16.7 Å². The maximum Gasteiger partial charge on any atom is 0.192 e. The highest BCUT2D eigenvalue weighted by molar-refractivity contribution is 7.13. The van der Waals surface area contributed by atoms with Crippen LogP contribution in [-0.2, 0) is 28.7 Å². The summed E-state index contributed by atoms with van der Waals surface area (Å²) in [6, 6.07) is 10.6. The van der Waals surface area contributed by atoms with Gasteiger partial charge in [0.25, 0.3) is 0 Å². The molecule has 0 radical (unpaired) electrons. The number of benzene rings is 1. The van der Waals surface area contributed by atoms with Crippen LogP contribution in [0.1, 0.15) is 75.8 Å². The van der Waals surface area contributed by atoms with Crippen molar-refractivity contribution >= 4 is 33.5 Å². The van der Waals surface area contributed by atoms with Crippen LogP contribution in [0.15, 0.2) is 36.4 Å². The minimum atomic E-state index is -1.90. The van der Waals surface area contributed by atoms with Crippen molar-refractivity contribution in [1.29, 1.82) is 0 Å². The summed E-state index contributed by atoms with van der Waals surface area (Å²) >= 11 is 1.72. The zero-order valence-corrected chi connectivity index (χ0v) is 27.9. The molecule has 0 bridgehead atoms. The van der Waals surface area contributed by atoms with Gasteiger partial charge < -0.3 is 18.7 Å². The number of thiophene rings is 1. The predicted octanol–water partition coefficient (Wildman–Crippen LogP) is 9.16. The van der Waals surface area contributed by atoms with Crippen molar-refractivity contribution in [2.75, 3.05) is 6.61 Å². The lowest BCUT2D eigenvalue weighted by Gasteiger charge is -2.37. The second-order valence-electron chi connectivity index (χ2n) is 12.8. The smallest absolute Gasteiger partial charge is 0.192 e. The summed E-state index contributed by atoms with van der Waals surface area (Å²) < 4.78 is 19.4. The Labute approximate surface area is 232 Å². The molecule has 2 aromatic rings. The molecular formula is C30H50O4SSi2. The van der Waals surface area contributed by atoms with Gasteiger partial charge in [0.05, 0.1) is 19.8 Å². The van der Waals surface area contributed by atoms with Crippen LogP contribution >= 0.6 is 11.3 Å². The van der Waals surface area contributed by atoms with Gasteiger partial charge in [-0.1, -0.05) is 60.6 Å². The monoisotopic (exact) mass is 562 g/mol. The Kier molecular flexibility index (Phi) is 11.0. The Balaban J connectivity index is 2.23. The fourth-order valence-corrected chi connectivity index (χ4v) is 6.16. The van der Waals surface area contributed by atoms with E-state index < -0.39 is 16.6 Å². The Morgan fingerprint density at radius 3 is 1.92 bits per heavy atom. The average molecular weight is 563 g/mol. The number of ether oxygens (including phenoxy) is 1. The Morgan fingerprint density at radius 1 is 0.838 bits per heavy atom. The van der Waals surface area contributed by atoms with E-state index in [1.807, 2.05) is 6.08 Å². The summed E-state index contributed by atoms with van der Waals surface area (Å²) in [5.41, 5.74) is 3.50. The molecule has 0 unspecified atom stereocenters. The molecule has 4 nitrogen and oxygen atoms in total. The van der Waals surface area contributed by atoms with E-state index in [1.165, 1.54) is 16.0 Å². The summed E-state index contributed by atoms with van der Waals surface area (Å²) in [4.78, 5) is 2.36. The summed E-state index contributed by atoms with van der Waals surface area (Å²) in [6.45, 7) is 26.7. The van der Waals surface area contributed by atoms with Gasteiger partial charge in [-0.15, -0.1) is 11.3 Å². The van der Waals surface area contributed by atoms with Gasteiger partial charge in [0, 0.05) is 9.75 Å². The van der Waals surface area contributed by atoms with Crippen molar-refractivity contribution < 1.29 is 18.7 Å². The molecule has 1 N–H and O–H groups in total. The minimum Gasteiger partial charge on any atom is -0.488 e. The van der Waals surface area contributed by atoms with Crippen molar-refractivity contribution in [1.82, 2.24) is 0 Å². The maximum atomic E-state index is 9.29. The fraction of sp³-hybridized carbons (Fsp3) is 0.600. The average Bonchev–Trinajstić information content (AvgIpc) is 3.26. The van der Waals surface area contributed by atoms with Gasteiger partial charge in [0.1, 0.15) is 12.4 Å². The normalized spacial score (nSPS) is 13.8. The molecule has 7 heteroatoms. The number of hydrogen-bond donors (Lipinski definition) is 1. The standard InChI is InChI=1S/C30H50O4SSi2/c1-12-23(17-18-31)28-16-15-27(35-28)22-32-26-14-13-24(20-33-36(8,9)29(2,3)4)25(19-26)21-34-37(10,11)30(5,6)7/h13-17,19,31H,12,18,20-22H2,1-11H3. The van der Waals surface area contributed by atoms with Gasteiger partial charge >= 0.3 is 0 Å². The molecule has 208 valence electrons. The molecule has 0 amide bonds. The fourth-order valence-electron chi connectivity index (χ4n) is 3.23. The van der Waals surface area contributed by atoms with Crippen LogP contribution in [-0.4, -0.2) is 28.3 Å². The number of aliphatic hydroxyl groups excluding tert-OH is 1. The van der Waals surface area contributed by atoms with E-state index in [1.54, 1.807) is 11.3 Å². The zero-order valence-electron chi connectivity index (χ0n) is 25.1. The number of aliphatic hydroxyl groups is 1. The molecule has 0 saturated carbocycles. The molecular weight excluding hydrogens is 513 g/mol. The van der Waals surface area contributed by atoms with Crippen molar-refractivity contribution in [2.24, 2.45) is 0 Å². The number of rotatable bonds is 12. The molecule has 37 heavy (non-hydrogen) atoms. The van der Waals surface area contributed by atoms with Gasteiger partial charge in [-0.05, 0) is 83.7 Å². The van der Waals surface area contributed by atoms with Crippen LogP contribution in [0.2, 0.25) is 36.3 Å². The van der Waals surface area contributed by atoms with E-state index in [0.717, 1.165) is 22.6 Å². The van der Waals surface area contributed by atoms with Crippen molar-refractivity contribution in [3.8, 4) is 5.75 Å². The molecule has 1 heterocycles. The molecule has 0 fully saturated rings. The Hall–Kier alpha value is -1.23. The molecule has 0 aliphatic heterocycles. The molecule has 2 rings (SSSR count). The summed E-state index contributed by atoms with van der Waals surface area (Å²) in [5.74, 6) is 0.849. The van der Waals surface area contributed by atoms with Crippen molar-refractivity contribution in [3.63, 3.8) is 0 Å². The predicted molar refractivity (Wildman–Crippen MR) is 164 cm³/mol. The molecule has 0 saturated heterocycles. The van der Waals surface area contributed by atoms with Crippen LogP contribution in [0.3, 0.4) is 0 Å². The summed E-state index contributed by atoms with van der Waals surface area (Å²) in [6.07, 6.45) is 2.78. The topological polar surface area (TPSA) is 47.9 Å². The summed E-state index contributed by atoms with van der Waals surface area (Å²) in [5, 5.41) is 9.60. The van der Waals surface area contributed by atoms with Crippen LogP contribution in [0.25, 0.3) is 5.57 Å². The Morgan fingerprint density at radius 2 is 1.41 bits per heavy atom. The third-order valence-corrected chi connectivity index (χ3v) is 18.1. The van der Waals surface area contributed by atoms with Gasteiger partial charge in [0.15, 0.2) is 16.6 Å². The first-order valence-corrected chi connectivity index (χ1v) is 20.1. The lowest BCUT2D eigenvalue weighted by molar-refractivity contribution is 0.255. The SMILES string of the molecule is CCC(=CCO)c1ccc(COc2ccc(CO[Si](C)(C)C(C)(C)C)c(CO[Si](C)(C)C(C)(C)C)c2)s1. The first-order chi connectivity index (χ1) is 17.0. The highest BCUT2D eigenvalue weighted by Gasteiger charge is 2.38. The molecule has 0 atom stereocenters. The quantitative estimate of drug-likeness (QED) is 0.262. The number of hydrogen-bond acceptors (Lipinski definition) is 5. The highest BCUT2D eigenvalue weighted by atomic mass is 32.1. The van der Waals surface area contributed by atoms with E-state index in [9.17, 15) is 5.11 Å². The van der Waals surface area contributed by atoms with Gasteiger partial charge in [0.2, 0.25) is 0 Å². The first kappa shape index (κ1) is 32.0. The molecule has 0 aliphatic rings. The van der Waals surface area contributed by atoms with E-state index in [0.29, 0.717) is 19.8 Å². The zero-order chi connectivity index (χ0) is 28.1. The molecule has 0 spiro atoms. The largest absolute Gasteiger partial charge is 0.488 e. The number of allylic oxidation sites excluding steroid dienone is 1. The third kappa shape index (κ3) is 8.90. The second-order valence-corrected chi connectivity index (χ2v) is 23.6. The molecule has 1 aromatic carbocycles. The Bertz CT molecular complexity index is 1040. The van der Waals surface area contributed by atoms with Crippen LogP contribution in [0.5, 0.6) is 5.75 Å². The minimum absolute atomic E-state index is 0.0676. The van der Waals surface area contributed by atoms with Crippen LogP contribution < -0.4 is 4.74 Å². The lowest BCUT2D eigenvalue weighted by Crippen LogP contribution is -2.41. The highest BCUT2D eigenvalue weighted by Crippen LogP contribution is 2.39. The van der Waals surface area contributed by atoms with Crippen molar-refractivity contribution in [2.45, 2.75) is 111 Å². The summed E-state index contributed by atoms with van der Waals surface area (Å²) in [7, 11) is -3.77. The maximum absolute atomic E-state index is 9.29. The van der Waals surface area contributed by atoms with Crippen LogP contribution in [0.4, 0.5) is 0 Å². The van der Waals surface area contributed by atoms with Gasteiger partial charge in [-0.2, -0.15) is 0 Å². The van der Waals surface area contributed by atoms with E-state index in [2.05, 4.69) is 105 Å². The van der Waals surface area contributed by atoms with Crippen LogP contribution in [0, 0.1) is 0 Å². The molecule has 0 aliphatic carbocycles. The lowest BCUT2D eigenvalue weighted by atomic mass is 10.1.